The molecule has 2 amide bonds. The fourth-order valence-electron chi connectivity index (χ4n) is 3.21. The van der Waals surface area contributed by atoms with E-state index in [4.69, 9.17) is 0 Å². The van der Waals surface area contributed by atoms with Crippen molar-refractivity contribution in [2.24, 2.45) is 5.92 Å². The standard InChI is InChI=1S/C18H25N3O2.ClH/c1-12-3-5-13(6-4-12)15-10-21(17(22)9-19-2)11-16(15)20-18(23)14-7-8-14;/h3-6,14-16,19H,7-11H2,1-2H3,(H,20,23);1H/t15-,16+;/m0./s1. The summed E-state index contributed by atoms with van der Waals surface area (Å²) < 4.78 is 0. The highest BCUT2D eigenvalue weighted by atomic mass is 35.5. The minimum absolute atomic E-state index is 0. The number of amides is 2. The number of hydrogen-bond acceptors (Lipinski definition) is 3. The molecule has 0 bridgehead atoms. The second-order valence-corrected chi connectivity index (χ2v) is 6.74. The van der Waals surface area contributed by atoms with Gasteiger partial charge in [0.05, 0.1) is 12.6 Å². The number of nitrogens with zero attached hydrogens (tertiary/aromatic N) is 1. The number of carbonyl (C=O) groups excluding carboxylic acids is 2. The minimum Gasteiger partial charge on any atom is -0.351 e. The lowest BCUT2D eigenvalue weighted by Crippen LogP contribution is -2.42. The number of halogens is 1. The van der Waals surface area contributed by atoms with E-state index in [-0.39, 0.29) is 42.1 Å². The number of carbonyl (C=O) groups is 2. The van der Waals surface area contributed by atoms with Crippen LogP contribution < -0.4 is 10.6 Å². The van der Waals surface area contributed by atoms with Gasteiger partial charge in [-0.25, -0.2) is 0 Å². The third-order valence-electron chi connectivity index (χ3n) is 4.78. The molecule has 2 fully saturated rings. The number of aryl methyl sites for hydroxylation is 1. The van der Waals surface area contributed by atoms with Crippen LogP contribution in [0.3, 0.4) is 0 Å². The Morgan fingerprint density at radius 3 is 2.42 bits per heavy atom. The van der Waals surface area contributed by atoms with Crippen LogP contribution in [0.4, 0.5) is 0 Å². The Kier molecular flexibility index (Phi) is 6.24. The number of nitrogens with one attached hydrogen (secondary N) is 2. The van der Waals surface area contributed by atoms with Gasteiger partial charge in [-0.15, -0.1) is 12.4 Å². The minimum atomic E-state index is 0. The summed E-state index contributed by atoms with van der Waals surface area (Å²) in [7, 11) is 1.78. The number of rotatable bonds is 5. The third kappa shape index (κ3) is 4.28. The highest BCUT2D eigenvalue weighted by Crippen LogP contribution is 2.32. The van der Waals surface area contributed by atoms with E-state index in [1.807, 2.05) is 4.90 Å². The van der Waals surface area contributed by atoms with E-state index >= 15 is 0 Å². The van der Waals surface area contributed by atoms with Crippen LogP contribution in [0.2, 0.25) is 0 Å². The van der Waals surface area contributed by atoms with Crippen molar-refractivity contribution < 1.29 is 9.59 Å². The Balaban J connectivity index is 0.00000208. The van der Waals surface area contributed by atoms with Crippen LogP contribution in [0, 0.1) is 12.8 Å². The maximum absolute atomic E-state index is 12.2. The summed E-state index contributed by atoms with van der Waals surface area (Å²) in [6.45, 7) is 3.66. The summed E-state index contributed by atoms with van der Waals surface area (Å²) in [5.41, 5.74) is 2.41. The monoisotopic (exact) mass is 351 g/mol. The van der Waals surface area contributed by atoms with Gasteiger partial charge in [0.1, 0.15) is 0 Å². The summed E-state index contributed by atoms with van der Waals surface area (Å²) in [4.78, 5) is 26.2. The van der Waals surface area contributed by atoms with Gasteiger partial charge in [-0.1, -0.05) is 29.8 Å². The predicted molar refractivity (Wildman–Crippen MR) is 96.3 cm³/mol. The Hall–Kier alpha value is -1.59. The molecule has 6 heteroatoms. The molecule has 0 unspecified atom stereocenters. The summed E-state index contributed by atoms with van der Waals surface area (Å²) in [6.07, 6.45) is 1.99. The lowest BCUT2D eigenvalue weighted by atomic mass is 9.93. The second kappa shape index (κ2) is 7.99. The first kappa shape index (κ1) is 18.7. The van der Waals surface area contributed by atoms with Crippen molar-refractivity contribution in [2.45, 2.75) is 31.7 Å². The molecule has 24 heavy (non-hydrogen) atoms. The van der Waals surface area contributed by atoms with Crippen molar-refractivity contribution in [3.8, 4) is 0 Å². The lowest BCUT2D eigenvalue weighted by Gasteiger charge is -2.20. The van der Waals surface area contributed by atoms with Crippen molar-refractivity contribution in [2.75, 3.05) is 26.7 Å². The molecule has 0 radical (unpaired) electrons. The molecule has 1 aliphatic carbocycles. The average molecular weight is 352 g/mol. The zero-order valence-electron chi connectivity index (χ0n) is 14.2. The van der Waals surface area contributed by atoms with E-state index < -0.39 is 0 Å². The molecule has 2 N–H and O–H groups in total. The first-order chi connectivity index (χ1) is 11.1. The van der Waals surface area contributed by atoms with Gasteiger partial charge in [-0.05, 0) is 32.4 Å². The molecule has 1 aliphatic heterocycles. The van der Waals surface area contributed by atoms with Gasteiger partial charge >= 0.3 is 0 Å². The van der Waals surface area contributed by atoms with Crippen LogP contribution >= 0.6 is 12.4 Å². The van der Waals surface area contributed by atoms with Crippen molar-refractivity contribution in [1.29, 1.82) is 0 Å². The van der Waals surface area contributed by atoms with Gasteiger partial charge in [0.2, 0.25) is 11.8 Å². The molecule has 1 saturated heterocycles. The van der Waals surface area contributed by atoms with Crippen molar-refractivity contribution >= 4 is 24.2 Å². The summed E-state index contributed by atoms with van der Waals surface area (Å²) in [6, 6.07) is 8.41. The van der Waals surface area contributed by atoms with Crippen LogP contribution in [-0.2, 0) is 9.59 Å². The Labute approximate surface area is 149 Å². The second-order valence-electron chi connectivity index (χ2n) is 6.74. The van der Waals surface area contributed by atoms with Gasteiger partial charge in [-0.2, -0.15) is 0 Å². The van der Waals surface area contributed by atoms with E-state index in [9.17, 15) is 9.59 Å². The van der Waals surface area contributed by atoms with Crippen LogP contribution in [-0.4, -0.2) is 49.4 Å². The highest BCUT2D eigenvalue weighted by Gasteiger charge is 2.39. The number of benzene rings is 1. The van der Waals surface area contributed by atoms with Gasteiger partial charge < -0.3 is 15.5 Å². The van der Waals surface area contributed by atoms with Crippen LogP contribution in [0.25, 0.3) is 0 Å². The largest absolute Gasteiger partial charge is 0.351 e. The lowest BCUT2D eigenvalue weighted by molar-refractivity contribution is -0.129. The zero-order chi connectivity index (χ0) is 16.4. The van der Waals surface area contributed by atoms with Crippen molar-refractivity contribution in [1.82, 2.24) is 15.5 Å². The topological polar surface area (TPSA) is 61.4 Å². The molecule has 1 aromatic carbocycles. The van der Waals surface area contributed by atoms with Gasteiger partial charge in [0.25, 0.3) is 0 Å². The van der Waals surface area contributed by atoms with E-state index in [1.165, 1.54) is 11.1 Å². The molecule has 0 aromatic heterocycles. The van der Waals surface area contributed by atoms with E-state index in [0.29, 0.717) is 19.6 Å². The highest BCUT2D eigenvalue weighted by molar-refractivity contribution is 5.85. The van der Waals surface area contributed by atoms with Crippen molar-refractivity contribution in [3.63, 3.8) is 0 Å². The molecule has 0 spiro atoms. The first-order valence-corrected chi connectivity index (χ1v) is 8.38. The normalized spacial score (nSPS) is 22.8. The summed E-state index contributed by atoms with van der Waals surface area (Å²) >= 11 is 0. The molecule has 5 nitrogen and oxygen atoms in total. The maximum atomic E-state index is 12.2. The number of likely N-dealkylation sites (N-methyl/N-ethyl adjacent to an activating group) is 1. The molecule has 1 aromatic rings. The fourth-order valence-corrected chi connectivity index (χ4v) is 3.21. The summed E-state index contributed by atoms with van der Waals surface area (Å²) in [5.74, 6) is 0.595. The molecule has 1 saturated carbocycles. The van der Waals surface area contributed by atoms with Crippen molar-refractivity contribution in [3.05, 3.63) is 35.4 Å². The smallest absolute Gasteiger partial charge is 0.236 e. The van der Waals surface area contributed by atoms with E-state index in [1.54, 1.807) is 7.05 Å². The Morgan fingerprint density at radius 1 is 1.17 bits per heavy atom. The maximum Gasteiger partial charge on any atom is 0.236 e. The van der Waals surface area contributed by atoms with Crippen LogP contribution in [0.1, 0.15) is 29.9 Å². The molecule has 2 atom stereocenters. The average Bonchev–Trinajstić information content (AvgIpc) is 3.30. The molecule has 2 aliphatic rings. The number of likely N-dealkylation sites (tertiary alicyclic amines) is 1. The van der Waals surface area contributed by atoms with Gasteiger partial charge in [-0.3, -0.25) is 9.59 Å². The fraction of sp³-hybridized carbons (Fsp3) is 0.556. The molecular weight excluding hydrogens is 326 g/mol. The molecule has 3 rings (SSSR count). The SMILES string of the molecule is CNCC(=O)N1C[C@@H](NC(=O)C2CC2)[C@H](c2ccc(C)cc2)C1.Cl. The number of hydrogen-bond donors (Lipinski definition) is 2. The van der Waals surface area contributed by atoms with E-state index in [2.05, 4.69) is 41.8 Å². The molecule has 132 valence electrons. The van der Waals surface area contributed by atoms with Gasteiger partial charge in [0, 0.05) is 24.9 Å². The predicted octanol–water partition coefficient (Wildman–Crippen LogP) is 1.46. The third-order valence-corrected chi connectivity index (χ3v) is 4.78. The van der Waals surface area contributed by atoms with Crippen LogP contribution in [0.15, 0.2) is 24.3 Å². The Bertz CT molecular complexity index is 586. The van der Waals surface area contributed by atoms with Gasteiger partial charge in [0.15, 0.2) is 0 Å². The molecule has 1 heterocycles. The first-order valence-electron chi connectivity index (χ1n) is 8.38. The van der Waals surface area contributed by atoms with E-state index in [0.717, 1.165) is 12.8 Å². The van der Waals surface area contributed by atoms with Crippen LogP contribution in [0.5, 0.6) is 0 Å². The molecular formula is C18H26ClN3O2. The summed E-state index contributed by atoms with van der Waals surface area (Å²) in [5, 5.41) is 6.09. The Morgan fingerprint density at radius 2 is 1.83 bits per heavy atom. The quantitative estimate of drug-likeness (QED) is 0.844. The zero-order valence-corrected chi connectivity index (χ0v) is 15.1.